The molecule has 7 heteroatoms. The molecule has 0 aliphatic carbocycles. The van der Waals surface area contributed by atoms with Crippen LogP contribution in [0.25, 0.3) is 0 Å². The Balaban J connectivity index is 2.73. The molecule has 1 rings (SSSR count). The highest BCUT2D eigenvalue weighted by molar-refractivity contribution is 7.99. The fourth-order valence-electron chi connectivity index (χ4n) is 1.25. The largest absolute Gasteiger partial charge is 0.463 e. The van der Waals surface area contributed by atoms with Gasteiger partial charge < -0.3 is 15.4 Å². The van der Waals surface area contributed by atoms with E-state index in [1.165, 1.54) is 0 Å². The minimum atomic E-state index is 0.368. The molecule has 0 amide bonds. The van der Waals surface area contributed by atoms with Gasteiger partial charge in [0, 0.05) is 18.3 Å². The van der Waals surface area contributed by atoms with Crippen LogP contribution in [0.15, 0.2) is 0 Å². The van der Waals surface area contributed by atoms with Gasteiger partial charge in [-0.2, -0.15) is 26.7 Å². The first kappa shape index (κ1) is 15.8. The summed E-state index contributed by atoms with van der Waals surface area (Å²) in [6, 6.07) is 0.368. The highest BCUT2D eigenvalue weighted by atomic mass is 32.2. The first-order valence-corrected chi connectivity index (χ1v) is 7.87. The molecule has 1 heterocycles. The van der Waals surface area contributed by atoms with Crippen LogP contribution in [-0.4, -0.2) is 46.2 Å². The normalized spacial score (nSPS) is 12.0. The standard InChI is InChI=1S/C12H23N5OS/c1-5-7-18-12-16-10(13-6-2)15-11(17-12)14-8-9(3)19-4/h9H,5-8H2,1-4H3,(H2,13,14,15,16,17). The van der Waals surface area contributed by atoms with E-state index >= 15 is 0 Å². The van der Waals surface area contributed by atoms with Crippen LogP contribution in [0.5, 0.6) is 6.01 Å². The molecular weight excluding hydrogens is 262 g/mol. The molecule has 0 saturated carbocycles. The van der Waals surface area contributed by atoms with Gasteiger partial charge in [0.05, 0.1) is 6.61 Å². The molecule has 1 aromatic rings. The van der Waals surface area contributed by atoms with Crippen molar-refractivity contribution in [3.63, 3.8) is 0 Å². The molecule has 0 aromatic carbocycles. The maximum atomic E-state index is 5.47. The smallest absolute Gasteiger partial charge is 0.323 e. The van der Waals surface area contributed by atoms with E-state index < -0.39 is 0 Å². The summed E-state index contributed by atoms with van der Waals surface area (Å²) in [6.45, 7) is 8.38. The number of ether oxygens (including phenoxy) is 1. The van der Waals surface area contributed by atoms with E-state index in [0.29, 0.717) is 29.8 Å². The van der Waals surface area contributed by atoms with Crippen LogP contribution in [0.3, 0.4) is 0 Å². The van der Waals surface area contributed by atoms with Crippen molar-refractivity contribution in [2.75, 3.05) is 36.6 Å². The molecule has 0 saturated heterocycles. The van der Waals surface area contributed by atoms with E-state index in [0.717, 1.165) is 19.5 Å². The van der Waals surface area contributed by atoms with Gasteiger partial charge in [0.25, 0.3) is 0 Å². The van der Waals surface area contributed by atoms with Crippen LogP contribution >= 0.6 is 11.8 Å². The van der Waals surface area contributed by atoms with Crippen molar-refractivity contribution in [1.29, 1.82) is 0 Å². The van der Waals surface area contributed by atoms with Gasteiger partial charge in [0.1, 0.15) is 0 Å². The van der Waals surface area contributed by atoms with Gasteiger partial charge >= 0.3 is 6.01 Å². The van der Waals surface area contributed by atoms with Crippen LogP contribution < -0.4 is 15.4 Å². The highest BCUT2D eigenvalue weighted by Gasteiger charge is 2.08. The quantitative estimate of drug-likeness (QED) is 0.721. The van der Waals surface area contributed by atoms with Crippen molar-refractivity contribution in [1.82, 2.24) is 15.0 Å². The Hall–Kier alpha value is -1.24. The van der Waals surface area contributed by atoms with E-state index in [1.54, 1.807) is 11.8 Å². The molecule has 0 aliphatic heterocycles. The molecule has 108 valence electrons. The Labute approximate surface area is 119 Å². The third kappa shape index (κ3) is 5.96. The number of thioether (sulfide) groups is 1. The van der Waals surface area contributed by atoms with E-state index in [4.69, 9.17) is 4.74 Å². The maximum absolute atomic E-state index is 5.47. The molecule has 6 nitrogen and oxygen atoms in total. The van der Waals surface area contributed by atoms with E-state index in [1.807, 2.05) is 13.8 Å². The van der Waals surface area contributed by atoms with Gasteiger partial charge in [-0.3, -0.25) is 0 Å². The average Bonchev–Trinajstić information content (AvgIpc) is 2.42. The van der Waals surface area contributed by atoms with Crippen molar-refractivity contribution in [3.05, 3.63) is 0 Å². The summed E-state index contributed by atoms with van der Waals surface area (Å²) in [4.78, 5) is 12.8. The molecule has 0 bridgehead atoms. The predicted octanol–water partition coefficient (Wildman–Crippen LogP) is 2.26. The molecule has 1 unspecified atom stereocenters. The molecule has 0 radical (unpaired) electrons. The zero-order valence-corrected chi connectivity index (χ0v) is 12.9. The summed E-state index contributed by atoms with van der Waals surface area (Å²) >= 11 is 1.80. The van der Waals surface area contributed by atoms with Crippen molar-refractivity contribution >= 4 is 23.7 Å². The van der Waals surface area contributed by atoms with Crippen molar-refractivity contribution in [3.8, 4) is 6.01 Å². The summed E-state index contributed by atoms with van der Waals surface area (Å²) in [5.41, 5.74) is 0. The van der Waals surface area contributed by atoms with Crippen LogP contribution in [0.2, 0.25) is 0 Å². The topological polar surface area (TPSA) is 72.0 Å². The van der Waals surface area contributed by atoms with Crippen molar-refractivity contribution in [2.45, 2.75) is 32.4 Å². The SMILES string of the molecule is CCCOc1nc(NCC)nc(NCC(C)SC)n1. The number of nitrogens with zero attached hydrogens (tertiary/aromatic N) is 3. The van der Waals surface area contributed by atoms with E-state index in [9.17, 15) is 0 Å². The van der Waals surface area contributed by atoms with Gasteiger partial charge in [0.15, 0.2) is 0 Å². The minimum absolute atomic E-state index is 0.368. The maximum Gasteiger partial charge on any atom is 0.323 e. The Morgan fingerprint density at radius 3 is 2.42 bits per heavy atom. The molecule has 0 fully saturated rings. The van der Waals surface area contributed by atoms with Crippen molar-refractivity contribution in [2.24, 2.45) is 0 Å². The van der Waals surface area contributed by atoms with Gasteiger partial charge in [-0.05, 0) is 19.6 Å². The molecule has 2 N–H and O–H groups in total. The van der Waals surface area contributed by atoms with Crippen LogP contribution in [0.4, 0.5) is 11.9 Å². The third-order valence-electron chi connectivity index (χ3n) is 2.34. The lowest BCUT2D eigenvalue weighted by atomic mass is 10.5. The number of nitrogens with one attached hydrogen (secondary N) is 2. The second-order valence-corrected chi connectivity index (χ2v) is 5.35. The van der Waals surface area contributed by atoms with Gasteiger partial charge in [0.2, 0.25) is 11.9 Å². The van der Waals surface area contributed by atoms with Crippen LogP contribution in [0.1, 0.15) is 27.2 Å². The number of rotatable bonds is 9. The number of hydrogen-bond acceptors (Lipinski definition) is 7. The van der Waals surface area contributed by atoms with Crippen LogP contribution in [-0.2, 0) is 0 Å². The Morgan fingerprint density at radius 1 is 1.16 bits per heavy atom. The zero-order chi connectivity index (χ0) is 14.1. The summed E-state index contributed by atoms with van der Waals surface area (Å²) in [5.74, 6) is 1.10. The lowest BCUT2D eigenvalue weighted by molar-refractivity contribution is 0.292. The molecule has 0 spiro atoms. The van der Waals surface area contributed by atoms with Gasteiger partial charge in [-0.1, -0.05) is 13.8 Å². The minimum Gasteiger partial charge on any atom is -0.463 e. The van der Waals surface area contributed by atoms with Crippen LogP contribution in [0, 0.1) is 0 Å². The van der Waals surface area contributed by atoms with E-state index in [-0.39, 0.29) is 0 Å². The average molecular weight is 285 g/mol. The fourth-order valence-corrected chi connectivity index (χ4v) is 1.50. The molecule has 1 aromatic heterocycles. The summed E-state index contributed by atoms with van der Waals surface area (Å²) in [6.07, 6.45) is 3.01. The first-order chi connectivity index (χ1) is 9.19. The predicted molar refractivity (Wildman–Crippen MR) is 81.2 cm³/mol. The molecular formula is C12H23N5OS. The summed E-state index contributed by atoms with van der Waals surface area (Å²) in [7, 11) is 0. The number of anilines is 2. The van der Waals surface area contributed by atoms with E-state index in [2.05, 4.69) is 38.8 Å². The van der Waals surface area contributed by atoms with Gasteiger partial charge in [-0.25, -0.2) is 0 Å². The Kier molecular flexibility index (Phi) is 7.32. The first-order valence-electron chi connectivity index (χ1n) is 6.59. The fraction of sp³-hybridized carbons (Fsp3) is 0.750. The molecule has 0 aliphatic rings. The second-order valence-electron chi connectivity index (χ2n) is 4.07. The third-order valence-corrected chi connectivity index (χ3v) is 3.31. The lowest BCUT2D eigenvalue weighted by Gasteiger charge is -2.12. The number of hydrogen-bond donors (Lipinski definition) is 2. The molecule has 19 heavy (non-hydrogen) atoms. The van der Waals surface area contributed by atoms with Crippen molar-refractivity contribution < 1.29 is 4.74 Å². The molecule has 1 atom stereocenters. The number of aromatic nitrogens is 3. The highest BCUT2D eigenvalue weighted by Crippen LogP contribution is 2.12. The monoisotopic (exact) mass is 285 g/mol. The Bertz CT molecular complexity index is 377. The summed E-state index contributed by atoms with van der Waals surface area (Å²) < 4.78 is 5.47. The lowest BCUT2D eigenvalue weighted by Crippen LogP contribution is -2.16. The second kappa shape index (κ2) is 8.79. The Morgan fingerprint density at radius 2 is 1.84 bits per heavy atom. The zero-order valence-electron chi connectivity index (χ0n) is 12.1. The summed E-state index contributed by atoms with van der Waals surface area (Å²) in [5, 5.41) is 6.79. The van der Waals surface area contributed by atoms with Gasteiger partial charge in [-0.15, -0.1) is 0 Å².